The van der Waals surface area contributed by atoms with Gasteiger partial charge < -0.3 is 14.2 Å². The number of hydrogen-bond acceptors (Lipinski definition) is 6. The standard InChI is InChI=1S/C17H24N2O4/c1-13(17(20)21-2)10-18-5-7-19(8-6-18)11-14-3-4-15-16(9-14)23-12-22-15/h3-4,9,13H,5-8,10-12H2,1-2H3. The summed E-state index contributed by atoms with van der Waals surface area (Å²) in [6.07, 6.45) is 0. The second kappa shape index (κ2) is 7.19. The average Bonchev–Trinajstić information content (AvgIpc) is 3.03. The summed E-state index contributed by atoms with van der Waals surface area (Å²) in [5, 5.41) is 0. The van der Waals surface area contributed by atoms with Crippen molar-refractivity contribution in [1.82, 2.24) is 9.80 Å². The Morgan fingerprint density at radius 3 is 2.61 bits per heavy atom. The zero-order valence-corrected chi connectivity index (χ0v) is 13.8. The number of piperazine rings is 1. The Balaban J connectivity index is 1.47. The van der Waals surface area contributed by atoms with Crippen LogP contribution in [-0.4, -0.2) is 62.4 Å². The normalized spacial score (nSPS) is 19.6. The molecule has 0 aliphatic carbocycles. The van der Waals surface area contributed by atoms with Crippen LogP contribution in [0.4, 0.5) is 0 Å². The van der Waals surface area contributed by atoms with E-state index < -0.39 is 0 Å². The molecule has 1 saturated heterocycles. The largest absolute Gasteiger partial charge is 0.469 e. The molecule has 2 heterocycles. The van der Waals surface area contributed by atoms with Gasteiger partial charge in [0.15, 0.2) is 11.5 Å². The van der Waals surface area contributed by atoms with E-state index in [0.717, 1.165) is 50.8 Å². The third-order valence-corrected chi connectivity index (χ3v) is 4.44. The van der Waals surface area contributed by atoms with E-state index in [0.29, 0.717) is 6.79 Å². The maximum atomic E-state index is 11.5. The maximum Gasteiger partial charge on any atom is 0.309 e. The molecule has 0 bridgehead atoms. The molecule has 0 radical (unpaired) electrons. The molecule has 0 saturated carbocycles. The first-order valence-corrected chi connectivity index (χ1v) is 8.07. The number of carbonyl (C=O) groups excluding carboxylic acids is 1. The van der Waals surface area contributed by atoms with E-state index in [4.69, 9.17) is 14.2 Å². The number of nitrogens with zero attached hydrogens (tertiary/aromatic N) is 2. The zero-order chi connectivity index (χ0) is 16.2. The van der Waals surface area contributed by atoms with E-state index in [2.05, 4.69) is 21.9 Å². The molecular weight excluding hydrogens is 296 g/mol. The van der Waals surface area contributed by atoms with Crippen molar-refractivity contribution in [3.8, 4) is 11.5 Å². The molecule has 1 atom stereocenters. The van der Waals surface area contributed by atoms with E-state index in [1.807, 2.05) is 13.0 Å². The van der Waals surface area contributed by atoms with Crippen LogP contribution in [0.3, 0.4) is 0 Å². The fourth-order valence-corrected chi connectivity index (χ4v) is 3.09. The van der Waals surface area contributed by atoms with Crippen molar-refractivity contribution in [2.24, 2.45) is 5.92 Å². The van der Waals surface area contributed by atoms with Gasteiger partial charge >= 0.3 is 5.97 Å². The minimum Gasteiger partial charge on any atom is -0.469 e. The number of benzene rings is 1. The van der Waals surface area contributed by atoms with E-state index in [1.54, 1.807) is 0 Å². The average molecular weight is 320 g/mol. The lowest BCUT2D eigenvalue weighted by Gasteiger charge is -2.35. The predicted octanol–water partition coefficient (Wildman–Crippen LogP) is 1.34. The summed E-state index contributed by atoms with van der Waals surface area (Å²) >= 11 is 0. The highest BCUT2D eigenvalue weighted by molar-refractivity contribution is 5.72. The topological polar surface area (TPSA) is 51.2 Å². The highest BCUT2D eigenvalue weighted by atomic mass is 16.7. The fourth-order valence-electron chi connectivity index (χ4n) is 3.09. The minimum absolute atomic E-state index is 0.0691. The molecule has 23 heavy (non-hydrogen) atoms. The lowest BCUT2D eigenvalue weighted by Crippen LogP contribution is -2.47. The molecule has 6 heteroatoms. The number of ether oxygens (including phenoxy) is 3. The first-order chi connectivity index (χ1) is 11.2. The smallest absolute Gasteiger partial charge is 0.309 e. The number of fused-ring (bicyclic) bond motifs is 1. The van der Waals surface area contributed by atoms with Crippen LogP contribution in [0, 0.1) is 5.92 Å². The molecular formula is C17H24N2O4. The molecule has 3 rings (SSSR count). The van der Waals surface area contributed by atoms with Crippen molar-refractivity contribution >= 4 is 5.97 Å². The Labute approximate surface area is 136 Å². The van der Waals surface area contributed by atoms with Gasteiger partial charge in [-0.1, -0.05) is 13.0 Å². The van der Waals surface area contributed by atoms with Crippen molar-refractivity contribution in [3.05, 3.63) is 23.8 Å². The summed E-state index contributed by atoms with van der Waals surface area (Å²) in [6.45, 7) is 7.88. The second-order valence-corrected chi connectivity index (χ2v) is 6.19. The quantitative estimate of drug-likeness (QED) is 0.763. The van der Waals surface area contributed by atoms with Crippen LogP contribution in [0.2, 0.25) is 0 Å². The molecule has 1 aromatic rings. The Morgan fingerprint density at radius 2 is 1.87 bits per heavy atom. The summed E-state index contributed by atoms with van der Waals surface area (Å²) in [7, 11) is 1.45. The van der Waals surface area contributed by atoms with Crippen molar-refractivity contribution in [1.29, 1.82) is 0 Å². The van der Waals surface area contributed by atoms with Crippen molar-refractivity contribution in [2.75, 3.05) is 46.6 Å². The third-order valence-electron chi connectivity index (χ3n) is 4.44. The third kappa shape index (κ3) is 3.95. The maximum absolute atomic E-state index is 11.5. The molecule has 0 amide bonds. The minimum atomic E-state index is -0.132. The second-order valence-electron chi connectivity index (χ2n) is 6.19. The van der Waals surface area contributed by atoms with Gasteiger partial charge in [0.1, 0.15) is 0 Å². The molecule has 2 aliphatic rings. The van der Waals surface area contributed by atoms with Gasteiger partial charge in [-0.05, 0) is 17.7 Å². The molecule has 0 aromatic heterocycles. The summed E-state index contributed by atoms with van der Waals surface area (Å²) in [5.74, 6) is 1.47. The van der Waals surface area contributed by atoms with Gasteiger partial charge in [-0.2, -0.15) is 0 Å². The zero-order valence-electron chi connectivity index (χ0n) is 13.8. The summed E-state index contributed by atoms with van der Waals surface area (Å²) in [4.78, 5) is 16.3. The Morgan fingerprint density at radius 1 is 1.17 bits per heavy atom. The monoisotopic (exact) mass is 320 g/mol. The van der Waals surface area contributed by atoms with Crippen molar-refractivity contribution < 1.29 is 19.0 Å². The van der Waals surface area contributed by atoms with Gasteiger partial charge in [-0.15, -0.1) is 0 Å². The van der Waals surface area contributed by atoms with Crippen molar-refractivity contribution in [3.63, 3.8) is 0 Å². The number of esters is 1. The highest BCUT2D eigenvalue weighted by Crippen LogP contribution is 2.32. The first kappa shape index (κ1) is 16.1. The van der Waals surface area contributed by atoms with E-state index in [9.17, 15) is 4.79 Å². The lowest BCUT2D eigenvalue weighted by molar-refractivity contribution is -0.145. The van der Waals surface area contributed by atoms with Crippen LogP contribution in [0.15, 0.2) is 18.2 Å². The van der Waals surface area contributed by atoms with Crippen LogP contribution >= 0.6 is 0 Å². The van der Waals surface area contributed by atoms with Crippen LogP contribution < -0.4 is 9.47 Å². The van der Waals surface area contributed by atoms with Gasteiger partial charge in [-0.3, -0.25) is 14.6 Å². The number of rotatable bonds is 5. The highest BCUT2D eigenvalue weighted by Gasteiger charge is 2.22. The van der Waals surface area contributed by atoms with E-state index in [-0.39, 0.29) is 11.9 Å². The molecule has 2 aliphatic heterocycles. The molecule has 1 fully saturated rings. The lowest BCUT2D eigenvalue weighted by atomic mass is 10.1. The number of hydrogen-bond donors (Lipinski definition) is 0. The first-order valence-electron chi connectivity index (χ1n) is 8.07. The van der Waals surface area contributed by atoms with Gasteiger partial charge in [0.05, 0.1) is 13.0 Å². The van der Waals surface area contributed by atoms with Crippen molar-refractivity contribution in [2.45, 2.75) is 13.5 Å². The number of carbonyl (C=O) groups is 1. The number of methoxy groups -OCH3 is 1. The van der Waals surface area contributed by atoms with Crippen LogP contribution in [0.5, 0.6) is 11.5 Å². The summed E-state index contributed by atoms with van der Waals surface area (Å²) < 4.78 is 15.6. The van der Waals surface area contributed by atoms with Gasteiger partial charge in [0.2, 0.25) is 6.79 Å². The molecule has 126 valence electrons. The summed E-state index contributed by atoms with van der Waals surface area (Å²) in [6, 6.07) is 6.14. The summed E-state index contributed by atoms with van der Waals surface area (Å²) in [5.41, 5.74) is 1.24. The molecule has 1 aromatic carbocycles. The Kier molecular flexibility index (Phi) is 5.03. The fraction of sp³-hybridized carbons (Fsp3) is 0.588. The molecule has 1 unspecified atom stereocenters. The van der Waals surface area contributed by atoms with Gasteiger partial charge in [0, 0.05) is 39.3 Å². The molecule has 0 N–H and O–H groups in total. The predicted molar refractivity (Wildman–Crippen MR) is 85.5 cm³/mol. The van der Waals surface area contributed by atoms with Crippen LogP contribution in [-0.2, 0) is 16.1 Å². The Hall–Kier alpha value is -1.79. The Bertz CT molecular complexity index is 556. The molecule has 0 spiro atoms. The van der Waals surface area contributed by atoms with Crippen LogP contribution in [0.25, 0.3) is 0 Å². The van der Waals surface area contributed by atoms with Gasteiger partial charge in [-0.25, -0.2) is 0 Å². The molecule has 6 nitrogen and oxygen atoms in total. The van der Waals surface area contributed by atoms with Gasteiger partial charge in [0.25, 0.3) is 0 Å². The van der Waals surface area contributed by atoms with E-state index in [1.165, 1.54) is 12.7 Å². The van der Waals surface area contributed by atoms with E-state index >= 15 is 0 Å². The van der Waals surface area contributed by atoms with Crippen LogP contribution in [0.1, 0.15) is 12.5 Å². The SMILES string of the molecule is COC(=O)C(C)CN1CCN(Cc2ccc3c(c2)OCO3)CC1.